The summed E-state index contributed by atoms with van der Waals surface area (Å²) in [6, 6.07) is 1.37. The molecule has 20 heavy (non-hydrogen) atoms. The molecule has 3 N–H and O–H groups in total. The van der Waals surface area contributed by atoms with Crippen LogP contribution in [-0.4, -0.2) is 41.5 Å². The van der Waals surface area contributed by atoms with Crippen molar-refractivity contribution in [3.8, 4) is 0 Å². The van der Waals surface area contributed by atoms with Gasteiger partial charge < -0.3 is 16.0 Å². The Hall–Kier alpha value is -0.610. The van der Waals surface area contributed by atoms with E-state index in [2.05, 4.69) is 17.1 Å². The highest BCUT2D eigenvalue weighted by atomic mass is 16.1. The van der Waals surface area contributed by atoms with Crippen LogP contribution in [0.1, 0.15) is 65.2 Å². The van der Waals surface area contributed by atoms with Crippen LogP contribution in [0.25, 0.3) is 0 Å². The number of rotatable bonds is 11. The summed E-state index contributed by atoms with van der Waals surface area (Å²) in [5.74, 6) is -0.197. The Kier molecular flexibility index (Phi) is 5.44. The second-order valence-corrected chi connectivity index (χ2v) is 6.84. The van der Waals surface area contributed by atoms with E-state index < -0.39 is 5.54 Å². The van der Waals surface area contributed by atoms with E-state index in [0.29, 0.717) is 6.04 Å². The van der Waals surface area contributed by atoms with Crippen LogP contribution in [-0.2, 0) is 4.79 Å². The summed E-state index contributed by atoms with van der Waals surface area (Å²) >= 11 is 0. The minimum Gasteiger partial charge on any atom is -0.368 e. The Morgan fingerprint density at radius 3 is 2.45 bits per heavy atom. The lowest BCUT2D eigenvalue weighted by Crippen LogP contribution is -2.54. The first-order chi connectivity index (χ1) is 9.55. The molecule has 1 unspecified atom stereocenters. The van der Waals surface area contributed by atoms with Crippen LogP contribution in [0.3, 0.4) is 0 Å². The molecule has 0 aromatic rings. The largest absolute Gasteiger partial charge is 0.368 e. The lowest BCUT2D eigenvalue weighted by atomic mass is 9.93. The normalized spacial score (nSPS) is 21.9. The van der Waals surface area contributed by atoms with Gasteiger partial charge in [0.25, 0.3) is 0 Å². The van der Waals surface area contributed by atoms with Gasteiger partial charge in [-0.1, -0.05) is 6.92 Å². The third-order valence-corrected chi connectivity index (χ3v) is 4.59. The summed E-state index contributed by atoms with van der Waals surface area (Å²) in [7, 11) is 0. The van der Waals surface area contributed by atoms with Gasteiger partial charge in [-0.2, -0.15) is 0 Å². The average Bonchev–Trinajstić information content (AvgIpc) is 3.25. The molecule has 2 saturated carbocycles. The topological polar surface area (TPSA) is 58.4 Å². The van der Waals surface area contributed by atoms with Gasteiger partial charge >= 0.3 is 0 Å². The van der Waals surface area contributed by atoms with Gasteiger partial charge in [0.05, 0.1) is 5.54 Å². The molecule has 2 fully saturated rings. The number of unbranched alkanes of at least 4 members (excludes halogenated alkanes) is 1. The fourth-order valence-corrected chi connectivity index (χ4v) is 2.94. The van der Waals surface area contributed by atoms with Crippen LogP contribution < -0.4 is 11.1 Å². The molecule has 1 amide bonds. The molecular weight excluding hydrogens is 250 g/mol. The zero-order valence-electron chi connectivity index (χ0n) is 13.2. The third kappa shape index (κ3) is 4.74. The summed E-state index contributed by atoms with van der Waals surface area (Å²) in [6.45, 7) is 6.62. The van der Waals surface area contributed by atoms with Crippen molar-refractivity contribution in [3.63, 3.8) is 0 Å². The van der Waals surface area contributed by atoms with Gasteiger partial charge in [0.15, 0.2) is 0 Å². The van der Waals surface area contributed by atoms with Crippen molar-refractivity contribution in [3.05, 3.63) is 0 Å². The number of nitrogens with zero attached hydrogens (tertiary/aromatic N) is 1. The van der Waals surface area contributed by atoms with E-state index in [-0.39, 0.29) is 5.91 Å². The van der Waals surface area contributed by atoms with Crippen molar-refractivity contribution in [1.82, 2.24) is 10.2 Å². The number of hydrogen-bond acceptors (Lipinski definition) is 3. The smallest absolute Gasteiger partial charge is 0.237 e. The number of hydrogen-bond donors (Lipinski definition) is 2. The number of carbonyl (C=O) groups is 1. The molecular formula is C16H31N3O. The zero-order chi connectivity index (χ0) is 14.6. The van der Waals surface area contributed by atoms with Gasteiger partial charge in [0, 0.05) is 12.1 Å². The van der Waals surface area contributed by atoms with E-state index in [4.69, 9.17) is 5.73 Å². The SMILES string of the molecule is CCCN(CCCCC(C)(NC1CC1)C(N)=O)C1CC1. The number of primary amides is 1. The van der Waals surface area contributed by atoms with E-state index in [1.54, 1.807) is 0 Å². The van der Waals surface area contributed by atoms with Crippen LogP contribution in [0.2, 0.25) is 0 Å². The average molecular weight is 281 g/mol. The van der Waals surface area contributed by atoms with Crippen molar-refractivity contribution in [2.75, 3.05) is 13.1 Å². The van der Waals surface area contributed by atoms with Crippen molar-refractivity contribution >= 4 is 5.91 Å². The molecule has 0 saturated heterocycles. The second kappa shape index (κ2) is 6.90. The van der Waals surface area contributed by atoms with Crippen LogP contribution in [0.5, 0.6) is 0 Å². The van der Waals surface area contributed by atoms with Crippen molar-refractivity contribution < 1.29 is 4.79 Å². The van der Waals surface area contributed by atoms with Gasteiger partial charge in [-0.25, -0.2) is 0 Å². The highest BCUT2D eigenvalue weighted by Gasteiger charge is 2.36. The summed E-state index contributed by atoms with van der Waals surface area (Å²) in [5, 5.41) is 3.43. The molecule has 0 aromatic carbocycles. The number of nitrogens with one attached hydrogen (secondary N) is 1. The monoisotopic (exact) mass is 281 g/mol. The van der Waals surface area contributed by atoms with E-state index in [1.165, 1.54) is 51.6 Å². The van der Waals surface area contributed by atoms with Gasteiger partial charge in [-0.3, -0.25) is 4.79 Å². The molecule has 4 heteroatoms. The quantitative estimate of drug-likeness (QED) is 0.570. The Balaban J connectivity index is 1.68. The van der Waals surface area contributed by atoms with E-state index in [9.17, 15) is 4.79 Å². The number of carbonyl (C=O) groups excluding carboxylic acids is 1. The number of nitrogens with two attached hydrogens (primary N) is 1. The minimum absolute atomic E-state index is 0.197. The maximum atomic E-state index is 11.7. The predicted molar refractivity (Wildman–Crippen MR) is 82.5 cm³/mol. The maximum absolute atomic E-state index is 11.7. The molecule has 116 valence electrons. The molecule has 0 bridgehead atoms. The highest BCUT2D eigenvalue weighted by Crippen LogP contribution is 2.28. The van der Waals surface area contributed by atoms with Crippen LogP contribution in [0, 0.1) is 0 Å². The van der Waals surface area contributed by atoms with Crippen LogP contribution in [0.15, 0.2) is 0 Å². The standard InChI is InChI=1S/C16H31N3O/c1-3-11-19(14-8-9-14)12-5-4-10-16(2,15(17)20)18-13-6-7-13/h13-14,18H,3-12H2,1-2H3,(H2,17,20). The summed E-state index contributed by atoms with van der Waals surface area (Å²) in [4.78, 5) is 14.3. The molecule has 2 rings (SSSR count). The minimum atomic E-state index is -0.504. The van der Waals surface area contributed by atoms with Crippen LogP contribution in [0.4, 0.5) is 0 Å². The van der Waals surface area contributed by atoms with Crippen molar-refractivity contribution in [2.45, 2.75) is 82.8 Å². The fourth-order valence-electron chi connectivity index (χ4n) is 2.94. The van der Waals surface area contributed by atoms with Gasteiger partial charge in [0.1, 0.15) is 0 Å². The van der Waals surface area contributed by atoms with Crippen molar-refractivity contribution in [2.24, 2.45) is 5.73 Å². The van der Waals surface area contributed by atoms with Gasteiger partial charge in [-0.15, -0.1) is 0 Å². The third-order valence-electron chi connectivity index (χ3n) is 4.59. The Morgan fingerprint density at radius 2 is 1.95 bits per heavy atom. The summed E-state index contributed by atoms with van der Waals surface area (Å²) < 4.78 is 0. The molecule has 0 heterocycles. The fraction of sp³-hybridized carbons (Fsp3) is 0.938. The molecule has 2 aliphatic carbocycles. The molecule has 1 atom stereocenters. The van der Waals surface area contributed by atoms with E-state index >= 15 is 0 Å². The molecule has 0 aliphatic heterocycles. The maximum Gasteiger partial charge on any atom is 0.237 e. The zero-order valence-corrected chi connectivity index (χ0v) is 13.2. The van der Waals surface area contributed by atoms with Crippen LogP contribution >= 0.6 is 0 Å². The predicted octanol–water partition coefficient (Wildman–Crippen LogP) is 2.03. The highest BCUT2D eigenvalue weighted by molar-refractivity contribution is 5.84. The van der Waals surface area contributed by atoms with Gasteiger partial charge in [0.2, 0.25) is 5.91 Å². The first kappa shape index (κ1) is 15.8. The Bertz CT molecular complexity index is 326. The first-order valence-corrected chi connectivity index (χ1v) is 8.37. The van der Waals surface area contributed by atoms with E-state index in [0.717, 1.165) is 18.9 Å². The summed E-state index contributed by atoms with van der Waals surface area (Å²) in [5.41, 5.74) is 5.08. The molecule has 0 radical (unpaired) electrons. The molecule has 0 aromatic heterocycles. The molecule has 2 aliphatic rings. The Labute approximate surface area is 123 Å². The Morgan fingerprint density at radius 1 is 1.25 bits per heavy atom. The lowest BCUT2D eigenvalue weighted by molar-refractivity contribution is -0.124. The lowest BCUT2D eigenvalue weighted by Gasteiger charge is -2.28. The second-order valence-electron chi connectivity index (χ2n) is 6.84. The number of amides is 1. The van der Waals surface area contributed by atoms with E-state index in [1.807, 2.05) is 6.92 Å². The van der Waals surface area contributed by atoms with Gasteiger partial charge in [-0.05, 0) is 71.4 Å². The molecule has 0 spiro atoms. The van der Waals surface area contributed by atoms with Crippen molar-refractivity contribution in [1.29, 1.82) is 0 Å². The first-order valence-electron chi connectivity index (χ1n) is 8.37. The summed E-state index contributed by atoms with van der Waals surface area (Å²) in [6.07, 6.45) is 9.48. The molecule has 4 nitrogen and oxygen atoms in total.